The Morgan fingerprint density at radius 1 is 1.17 bits per heavy atom. The van der Waals surface area contributed by atoms with Crippen molar-refractivity contribution in [3.63, 3.8) is 0 Å². The number of piperidine rings is 1. The molecule has 6 nitrogen and oxygen atoms in total. The van der Waals surface area contributed by atoms with Crippen LogP contribution in [0.1, 0.15) is 43.8 Å². The van der Waals surface area contributed by atoms with Crippen LogP contribution in [0.25, 0.3) is 0 Å². The number of ether oxygens (including phenoxy) is 1. The molecule has 4 rings (SSSR count). The van der Waals surface area contributed by atoms with E-state index in [0.29, 0.717) is 19.1 Å². The first-order chi connectivity index (χ1) is 11.3. The third-order valence-corrected chi connectivity index (χ3v) is 4.94. The van der Waals surface area contributed by atoms with E-state index in [-0.39, 0.29) is 12.0 Å². The third-order valence-electron chi connectivity index (χ3n) is 4.94. The topological polar surface area (TPSA) is 58.6 Å². The largest absolute Gasteiger partial charge is 0.365 e. The highest BCUT2D eigenvalue weighted by Gasteiger charge is 2.32. The predicted molar refractivity (Wildman–Crippen MR) is 86.4 cm³/mol. The summed E-state index contributed by atoms with van der Waals surface area (Å²) in [6, 6.07) is 1.94. The molecule has 1 unspecified atom stereocenters. The maximum atomic E-state index is 12.7. The van der Waals surface area contributed by atoms with Gasteiger partial charge in [-0.25, -0.2) is 9.97 Å². The van der Waals surface area contributed by atoms with Crippen LogP contribution >= 0.6 is 0 Å². The summed E-state index contributed by atoms with van der Waals surface area (Å²) in [6.45, 7) is 3.70. The van der Waals surface area contributed by atoms with Crippen molar-refractivity contribution < 1.29 is 9.53 Å². The second-order valence-corrected chi connectivity index (χ2v) is 6.74. The van der Waals surface area contributed by atoms with Gasteiger partial charge in [-0.05, 0) is 38.2 Å². The molecule has 2 saturated heterocycles. The van der Waals surface area contributed by atoms with Gasteiger partial charge in [0.1, 0.15) is 11.6 Å². The molecule has 0 N–H and O–H groups in total. The van der Waals surface area contributed by atoms with E-state index in [1.165, 1.54) is 19.3 Å². The van der Waals surface area contributed by atoms with Crippen LogP contribution in [0.4, 0.5) is 5.82 Å². The lowest BCUT2D eigenvalue weighted by Gasteiger charge is -2.36. The minimum atomic E-state index is -0.360. The van der Waals surface area contributed by atoms with Crippen molar-refractivity contribution >= 4 is 11.7 Å². The zero-order valence-corrected chi connectivity index (χ0v) is 13.5. The van der Waals surface area contributed by atoms with E-state index in [9.17, 15) is 4.79 Å². The lowest BCUT2D eigenvalue weighted by Crippen LogP contribution is -2.52. The first-order valence-corrected chi connectivity index (χ1v) is 8.79. The molecule has 23 heavy (non-hydrogen) atoms. The van der Waals surface area contributed by atoms with Crippen molar-refractivity contribution in [2.45, 2.75) is 44.1 Å². The number of carbonyl (C=O) groups is 1. The minimum Gasteiger partial charge on any atom is -0.365 e. The summed E-state index contributed by atoms with van der Waals surface area (Å²) >= 11 is 0. The van der Waals surface area contributed by atoms with E-state index in [2.05, 4.69) is 9.88 Å². The van der Waals surface area contributed by atoms with E-state index < -0.39 is 0 Å². The van der Waals surface area contributed by atoms with Crippen LogP contribution in [-0.4, -0.2) is 59.7 Å². The Morgan fingerprint density at radius 3 is 2.78 bits per heavy atom. The monoisotopic (exact) mass is 316 g/mol. The highest BCUT2D eigenvalue weighted by atomic mass is 16.5. The minimum absolute atomic E-state index is 0.144. The Labute approximate surface area is 136 Å². The SMILES string of the molecule is O=C(C1CN(c2ccnc(C3CC3)n2)CCO1)N1CCCCC1. The molecule has 0 bridgehead atoms. The van der Waals surface area contributed by atoms with Crippen LogP contribution < -0.4 is 4.90 Å². The number of morpholine rings is 1. The first kappa shape index (κ1) is 14.9. The molecule has 3 aliphatic rings. The number of carbonyl (C=O) groups excluding carboxylic acids is 1. The van der Waals surface area contributed by atoms with Gasteiger partial charge in [-0.2, -0.15) is 0 Å². The summed E-state index contributed by atoms with van der Waals surface area (Å²) in [5, 5.41) is 0. The lowest BCUT2D eigenvalue weighted by molar-refractivity contribution is -0.145. The summed E-state index contributed by atoms with van der Waals surface area (Å²) in [5.74, 6) is 2.57. The van der Waals surface area contributed by atoms with E-state index in [0.717, 1.165) is 44.1 Å². The summed E-state index contributed by atoms with van der Waals surface area (Å²) in [6.07, 6.45) is 7.32. The average molecular weight is 316 g/mol. The smallest absolute Gasteiger partial charge is 0.253 e. The highest BCUT2D eigenvalue weighted by molar-refractivity contribution is 5.82. The molecule has 1 amide bonds. The molecular formula is C17H24N4O2. The summed E-state index contributed by atoms with van der Waals surface area (Å²) in [4.78, 5) is 25.9. The number of nitrogens with zero attached hydrogens (tertiary/aromatic N) is 4. The molecule has 1 aromatic heterocycles. The van der Waals surface area contributed by atoms with Crippen LogP contribution in [0, 0.1) is 0 Å². The fraction of sp³-hybridized carbons (Fsp3) is 0.706. The molecule has 1 atom stereocenters. The van der Waals surface area contributed by atoms with E-state index in [1.807, 2.05) is 17.2 Å². The fourth-order valence-corrected chi connectivity index (χ4v) is 3.40. The van der Waals surface area contributed by atoms with Gasteiger partial charge in [-0.3, -0.25) is 4.79 Å². The van der Waals surface area contributed by atoms with Gasteiger partial charge in [-0.15, -0.1) is 0 Å². The molecule has 0 radical (unpaired) electrons. The summed E-state index contributed by atoms with van der Waals surface area (Å²) < 4.78 is 5.76. The Morgan fingerprint density at radius 2 is 2.00 bits per heavy atom. The Bertz CT molecular complexity index is 569. The van der Waals surface area contributed by atoms with Crippen molar-refractivity contribution in [1.29, 1.82) is 0 Å². The molecule has 1 aliphatic carbocycles. The number of hydrogen-bond donors (Lipinski definition) is 0. The molecule has 1 aromatic rings. The van der Waals surface area contributed by atoms with Gasteiger partial charge in [0.15, 0.2) is 6.10 Å². The molecule has 1 saturated carbocycles. The van der Waals surface area contributed by atoms with Gasteiger partial charge < -0.3 is 14.5 Å². The van der Waals surface area contributed by atoms with Gasteiger partial charge in [-0.1, -0.05) is 0 Å². The van der Waals surface area contributed by atoms with Crippen molar-refractivity contribution in [2.24, 2.45) is 0 Å². The standard InChI is InChI=1S/C17H24N4O2/c22-17(20-8-2-1-3-9-20)14-12-21(10-11-23-14)15-6-7-18-16(19-15)13-4-5-13/h6-7,13-14H,1-5,8-12H2. The Kier molecular flexibility index (Phi) is 4.16. The van der Waals surface area contributed by atoms with Crippen molar-refractivity contribution in [1.82, 2.24) is 14.9 Å². The fourth-order valence-electron chi connectivity index (χ4n) is 3.40. The van der Waals surface area contributed by atoms with Gasteiger partial charge in [0, 0.05) is 31.7 Å². The molecule has 0 aromatic carbocycles. The Hall–Kier alpha value is -1.69. The van der Waals surface area contributed by atoms with Crippen LogP contribution in [-0.2, 0) is 9.53 Å². The van der Waals surface area contributed by atoms with Crippen LogP contribution in [0.5, 0.6) is 0 Å². The Balaban J connectivity index is 1.44. The maximum absolute atomic E-state index is 12.7. The highest BCUT2D eigenvalue weighted by Crippen LogP contribution is 2.38. The number of anilines is 1. The van der Waals surface area contributed by atoms with Gasteiger partial charge in [0.2, 0.25) is 0 Å². The van der Waals surface area contributed by atoms with Crippen LogP contribution in [0.2, 0.25) is 0 Å². The van der Waals surface area contributed by atoms with Gasteiger partial charge in [0.25, 0.3) is 5.91 Å². The molecular weight excluding hydrogens is 292 g/mol. The van der Waals surface area contributed by atoms with Crippen molar-refractivity contribution in [2.75, 3.05) is 37.7 Å². The van der Waals surface area contributed by atoms with E-state index in [1.54, 1.807) is 0 Å². The number of hydrogen-bond acceptors (Lipinski definition) is 5. The number of aromatic nitrogens is 2. The molecule has 3 heterocycles. The maximum Gasteiger partial charge on any atom is 0.253 e. The molecule has 2 aliphatic heterocycles. The molecule has 6 heteroatoms. The molecule has 124 valence electrons. The second-order valence-electron chi connectivity index (χ2n) is 6.74. The zero-order chi connectivity index (χ0) is 15.6. The van der Waals surface area contributed by atoms with Crippen molar-refractivity contribution in [3.8, 4) is 0 Å². The molecule has 0 spiro atoms. The lowest BCUT2D eigenvalue weighted by atomic mass is 10.1. The second kappa shape index (κ2) is 6.43. The van der Waals surface area contributed by atoms with E-state index in [4.69, 9.17) is 9.72 Å². The van der Waals surface area contributed by atoms with Crippen molar-refractivity contribution in [3.05, 3.63) is 18.1 Å². The van der Waals surface area contributed by atoms with E-state index >= 15 is 0 Å². The number of amides is 1. The van der Waals surface area contributed by atoms with Crippen LogP contribution in [0.3, 0.4) is 0 Å². The third kappa shape index (κ3) is 3.32. The quantitative estimate of drug-likeness (QED) is 0.847. The normalized spacial score (nSPS) is 25.5. The summed E-state index contributed by atoms with van der Waals surface area (Å²) in [5.41, 5.74) is 0. The zero-order valence-electron chi connectivity index (χ0n) is 13.5. The number of rotatable bonds is 3. The summed E-state index contributed by atoms with van der Waals surface area (Å²) in [7, 11) is 0. The predicted octanol–water partition coefficient (Wildman–Crippen LogP) is 1.57. The average Bonchev–Trinajstić information content (AvgIpc) is 3.47. The van der Waals surface area contributed by atoms with Gasteiger partial charge in [0.05, 0.1) is 13.2 Å². The molecule has 3 fully saturated rings. The first-order valence-electron chi connectivity index (χ1n) is 8.79. The number of likely N-dealkylation sites (tertiary alicyclic amines) is 1. The van der Waals surface area contributed by atoms with Crippen LogP contribution in [0.15, 0.2) is 12.3 Å². The van der Waals surface area contributed by atoms with Gasteiger partial charge >= 0.3 is 0 Å².